The maximum absolute atomic E-state index is 11.9. The molecule has 4 nitrogen and oxygen atoms in total. The molecule has 0 aromatic carbocycles. The molecule has 4 heteroatoms. The molecule has 1 aliphatic carbocycles. The fourth-order valence-corrected chi connectivity index (χ4v) is 2.23. The summed E-state index contributed by atoms with van der Waals surface area (Å²) in [4.78, 5) is 34.3. The van der Waals surface area contributed by atoms with Crippen LogP contribution in [0.3, 0.4) is 0 Å². The number of hydrogen-bond acceptors (Lipinski definition) is 4. The molecule has 0 aromatic rings. The largest absolute Gasteiger partial charge is 0.468 e. The molecule has 0 fully saturated rings. The number of hydrogen-bond donors (Lipinski definition) is 0. The molecule has 0 N–H and O–H groups in total. The third-order valence-electron chi connectivity index (χ3n) is 3.41. The van der Waals surface area contributed by atoms with Crippen LogP contribution in [-0.4, -0.2) is 24.6 Å². The molecule has 94 valence electrons. The maximum Gasteiger partial charge on any atom is 0.315 e. The normalized spacial score (nSPS) is 27.9. The van der Waals surface area contributed by atoms with Crippen LogP contribution in [0.15, 0.2) is 12.2 Å². The third-order valence-corrected chi connectivity index (χ3v) is 3.41. The van der Waals surface area contributed by atoms with E-state index in [0.717, 1.165) is 0 Å². The Balaban J connectivity index is 3.01. The molecule has 0 radical (unpaired) electrons. The summed E-state index contributed by atoms with van der Waals surface area (Å²) < 4.78 is 4.82. The van der Waals surface area contributed by atoms with E-state index in [9.17, 15) is 14.4 Å². The number of ketones is 2. The van der Waals surface area contributed by atoms with Gasteiger partial charge >= 0.3 is 5.97 Å². The smallest absolute Gasteiger partial charge is 0.315 e. The maximum atomic E-state index is 11.9. The molecule has 2 atom stereocenters. The molecule has 0 aromatic heterocycles. The van der Waals surface area contributed by atoms with Gasteiger partial charge in [-0.3, -0.25) is 9.59 Å². The Morgan fingerprint density at radius 2 is 2.18 bits per heavy atom. The summed E-state index contributed by atoms with van der Waals surface area (Å²) in [7, 11) is 1.33. The number of allylic oxidation sites excluding steroid dienone is 1. The van der Waals surface area contributed by atoms with Gasteiger partial charge in [0.1, 0.15) is 5.78 Å². The van der Waals surface area contributed by atoms with Crippen LogP contribution in [0, 0.1) is 11.3 Å². The van der Waals surface area contributed by atoms with Crippen molar-refractivity contribution in [2.45, 2.75) is 33.1 Å². The van der Waals surface area contributed by atoms with E-state index < -0.39 is 5.41 Å². The van der Waals surface area contributed by atoms with Crippen molar-refractivity contribution < 1.29 is 19.1 Å². The second-order valence-electron chi connectivity index (χ2n) is 4.64. The van der Waals surface area contributed by atoms with Gasteiger partial charge in [0.15, 0.2) is 5.78 Å². The lowest BCUT2D eigenvalue weighted by atomic mass is 9.68. The SMILES string of the molecule is COC(=O)[C@@]1(CCC(C)=O)C=CC(=O)C[C@H]1C. The Labute approximate surface area is 101 Å². The Hall–Kier alpha value is -1.45. The van der Waals surface area contributed by atoms with Gasteiger partial charge in [-0.05, 0) is 25.3 Å². The molecule has 0 unspecified atom stereocenters. The predicted molar refractivity (Wildman–Crippen MR) is 62.3 cm³/mol. The second-order valence-corrected chi connectivity index (χ2v) is 4.64. The Bertz CT molecular complexity index is 370. The summed E-state index contributed by atoms with van der Waals surface area (Å²) in [6.45, 7) is 3.34. The number of rotatable bonds is 4. The zero-order valence-corrected chi connectivity index (χ0v) is 10.5. The van der Waals surface area contributed by atoms with E-state index in [1.54, 1.807) is 6.08 Å². The van der Waals surface area contributed by atoms with Crippen molar-refractivity contribution in [1.29, 1.82) is 0 Å². The lowest BCUT2D eigenvalue weighted by Gasteiger charge is -2.35. The van der Waals surface area contributed by atoms with E-state index in [-0.39, 0.29) is 23.5 Å². The number of esters is 1. The molecule has 0 saturated heterocycles. The summed E-state index contributed by atoms with van der Waals surface area (Å²) in [6, 6.07) is 0. The van der Waals surface area contributed by atoms with Gasteiger partial charge in [-0.2, -0.15) is 0 Å². The molecule has 17 heavy (non-hydrogen) atoms. The number of carbonyl (C=O) groups is 3. The first-order valence-electron chi connectivity index (χ1n) is 5.72. The zero-order chi connectivity index (χ0) is 13.1. The van der Waals surface area contributed by atoms with Crippen LogP contribution in [-0.2, 0) is 19.1 Å². The number of methoxy groups -OCH3 is 1. The molecular weight excluding hydrogens is 220 g/mol. The Morgan fingerprint density at radius 3 is 2.65 bits per heavy atom. The van der Waals surface area contributed by atoms with Crippen molar-refractivity contribution >= 4 is 17.5 Å². The first-order valence-corrected chi connectivity index (χ1v) is 5.72. The van der Waals surface area contributed by atoms with Crippen molar-refractivity contribution in [2.75, 3.05) is 7.11 Å². The molecule has 0 aliphatic heterocycles. The van der Waals surface area contributed by atoms with E-state index in [1.165, 1.54) is 20.1 Å². The summed E-state index contributed by atoms with van der Waals surface area (Å²) in [5, 5.41) is 0. The third kappa shape index (κ3) is 2.81. The molecule has 0 spiro atoms. The topological polar surface area (TPSA) is 60.4 Å². The van der Waals surface area contributed by atoms with Gasteiger partial charge in [0.25, 0.3) is 0 Å². The lowest BCUT2D eigenvalue weighted by molar-refractivity contribution is -0.153. The summed E-state index contributed by atoms with van der Waals surface area (Å²) in [5.41, 5.74) is -0.825. The van der Waals surface area contributed by atoms with Crippen molar-refractivity contribution in [1.82, 2.24) is 0 Å². The minimum Gasteiger partial charge on any atom is -0.468 e. The molecule has 0 saturated carbocycles. The average Bonchev–Trinajstić information content (AvgIpc) is 2.27. The average molecular weight is 238 g/mol. The second kappa shape index (κ2) is 5.25. The molecule has 1 rings (SSSR count). The summed E-state index contributed by atoms with van der Waals surface area (Å²) >= 11 is 0. The van der Waals surface area contributed by atoms with Gasteiger partial charge in [-0.15, -0.1) is 0 Å². The molecule has 1 aliphatic rings. The molecule has 0 bridgehead atoms. The highest BCUT2D eigenvalue weighted by molar-refractivity contribution is 5.94. The van der Waals surface area contributed by atoms with Crippen LogP contribution >= 0.6 is 0 Å². The number of Topliss-reactive ketones (excluding diaryl/α,β-unsaturated/α-hetero) is 1. The highest BCUT2D eigenvalue weighted by Crippen LogP contribution is 2.40. The van der Waals surface area contributed by atoms with E-state index in [2.05, 4.69) is 0 Å². The Morgan fingerprint density at radius 1 is 1.53 bits per heavy atom. The first kappa shape index (κ1) is 13.6. The fraction of sp³-hybridized carbons (Fsp3) is 0.615. The predicted octanol–water partition coefficient (Wildman–Crippen LogP) is 1.68. The van der Waals surface area contributed by atoms with Crippen LogP contribution in [0.2, 0.25) is 0 Å². The van der Waals surface area contributed by atoms with Gasteiger partial charge in [-0.1, -0.05) is 13.0 Å². The first-order chi connectivity index (χ1) is 7.92. The van der Waals surface area contributed by atoms with Crippen molar-refractivity contribution in [3.63, 3.8) is 0 Å². The van der Waals surface area contributed by atoms with Crippen LogP contribution in [0.25, 0.3) is 0 Å². The van der Waals surface area contributed by atoms with Crippen molar-refractivity contribution in [2.24, 2.45) is 11.3 Å². The zero-order valence-electron chi connectivity index (χ0n) is 10.5. The summed E-state index contributed by atoms with van der Waals surface area (Å²) in [6.07, 6.45) is 4.08. The van der Waals surface area contributed by atoms with Crippen LogP contribution in [0.1, 0.15) is 33.1 Å². The van der Waals surface area contributed by atoms with Gasteiger partial charge < -0.3 is 9.53 Å². The van der Waals surface area contributed by atoms with Gasteiger partial charge in [-0.25, -0.2) is 0 Å². The minimum atomic E-state index is -0.825. The minimum absolute atomic E-state index is 0.0138. The fourth-order valence-electron chi connectivity index (χ4n) is 2.23. The molecule has 0 heterocycles. The number of ether oxygens (including phenoxy) is 1. The van der Waals surface area contributed by atoms with Gasteiger partial charge in [0.05, 0.1) is 12.5 Å². The molecule has 0 amide bonds. The highest BCUT2D eigenvalue weighted by Gasteiger charge is 2.44. The lowest BCUT2D eigenvalue weighted by Crippen LogP contribution is -2.40. The summed E-state index contributed by atoms with van der Waals surface area (Å²) in [5.74, 6) is -0.451. The van der Waals surface area contributed by atoms with E-state index in [0.29, 0.717) is 19.3 Å². The van der Waals surface area contributed by atoms with Gasteiger partial charge in [0, 0.05) is 12.8 Å². The number of carbonyl (C=O) groups excluding carboxylic acids is 3. The standard InChI is InChI=1S/C13H18O4/c1-9-8-11(15)5-7-13(9,12(16)17-3)6-4-10(2)14/h5,7,9H,4,6,8H2,1-3H3/t9-,13+/m1/s1. The van der Waals surface area contributed by atoms with Crippen molar-refractivity contribution in [3.8, 4) is 0 Å². The Kier molecular flexibility index (Phi) is 4.21. The van der Waals surface area contributed by atoms with Crippen LogP contribution < -0.4 is 0 Å². The van der Waals surface area contributed by atoms with Crippen LogP contribution in [0.4, 0.5) is 0 Å². The van der Waals surface area contributed by atoms with Gasteiger partial charge in [0.2, 0.25) is 0 Å². The van der Waals surface area contributed by atoms with Crippen LogP contribution in [0.5, 0.6) is 0 Å². The molecular formula is C13H18O4. The quantitative estimate of drug-likeness (QED) is 0.699. The highest BCUT2D eigenvalue weighted by atomic mass is 16.5. The monoisotopic (exact) mass is 238 g/mol. The van der Waals surface area contributed by atoms with E-state index >= 15 is 0 Å². The van der Waals surface area contributed by atoms with E-state index in [4.69, 9.17) is 4.74 Å². The van der Waals surface area contributed by atoms with Crippen molar-refractivity contribution in [3.05, 3.63) is 12.2 Å². The van der Waals surface area contributed by atoms with E-state index in [1.807, 2.05) is 6.92 Å².